The summed E-state index contributed by atoms with van der Waals surface area (Å²) in [5, 5.41) is 0.225. The molecule has 3 rings (SSSR count). The Morgan fingerprint density at radius 3 is 2.23 bits per heavy atom. The zero-order valence-corrected chi connectivity index (χ0v) is 23.0. The highest BCUT2D eigenvalue weighted by Gasteiger charge is 2.21. The first kappa shape index (κ1) is 29.7. The first-order valence-electron chi connectivity index (χ1n) is 12.3. The van der Waals surface area contributed by atoms with Crippen LogP contribution in [0.4, 0.5) is 4.39 Å². The minimum atomic E-state index is -0.527. The fourth-order valence-electron chi connectivity index (χ4n) is 3.88. The summed E-state index contributed by atoms with van der Waals surface area (Å²) in [5.74, 6) is 0.181. The number of nitrogens with zero attached hydrogens (tertiary/aromatic N) is 1. The number of carbonyl (C=O) groups is 2. The van der Waals surface area contributed by atoms with Crippen LogP contribution < -0.4 is 14.2 Å². The van der Waals surface area contributed by atoms with Crippen molar-refractivity contribution in [2.75, 3.05) is 34.0 Å². The van der Waals surface area contributed by atoms with Crippen LogP contribution in [-0.2, 0) is 27.4 Å². The second-order valence-electron chi connectivity index (χ2n) is 8.34. The summed E-state index contributed by atoms with van der Waals surface area (Å²) >= 11 is 6.17. The Kier molecular flexibility index (Phi) is 11.0. The van der Waals surface area contributed by atoms with Crippen molar-refractivity contribution < 1.29 is 37.7 Å². The Morgan fingerprint density at radius 2 is 1.54 bits per heavy atom. The second-order valence-corrected chi connectivity index (χ2v) is 8.75. The van der Waals surface area contributed by atoms with E-state index in [1.807, 2.05) is 6.07 Å². The summed E-state index contributed by atoms with van der Waals surface area (Å²) < 4.78 is 40.9. The molecule has 0 spiro atoms. The van der Waals surface area contributed by atoms with E-state index in [2.05, 4.69) is 0 Å². The monoisotopic (exact) mass is 559 g/mol. The third kappa shape index (κ3) is 8.33. The molecule has 0 radical (unpaired) electrons. The normalized spacial score (nSPS) is 10.7. The Hall–Kier alpha value is -3.82. The van der Waals surface area contributed by atoms with Gasteiger partial charge in [-0.25, -0.2) is 9.18 Å². The van der Waals surface area contributed by atoms with E-state index >= 15 is 0 Å². The van der Waals surface area contributed by atoms with Crippen molar-refractivity contribution in [3.8, 4) is 23.0 Å². The highest BCUT2D eigenvalue weighted by molar-refractivity contribution is 6.32. The minimum Gasteiger partial charge on any atom is -0.497 e. The van der Waals surface area contributed by atoms with Crippen LogP contribution in [0.15, 0.2) is 54.6 Å². The van der Waals surface area contributed by atoms with Gasteiger partial charge in [-0.1, -0.05) is 17.7 Å². The van der Waals surface area contributed by atoms with E-state index in [0.29, 0.717) is 28.4 Å². The summed E-state index contributed by atoms with van der Waals surface area (Å²) in [6, 6.07) is 13.9. The number of ether oxygens (including phenoxy) is 5. The van der Waals surface area contributed by atoms with E-state index in [1.165, 1.54) is 18.2 Å². The topological polar surface area (TPSA) is 83.5 Å². The Labute approximate surface area is 232 Å². The van der Waals surface area contributed by atoms with E-state index in [9.17, 15) is 14.0 Å². The fraction of sp³-hybridized carbons (Fsp3) is 0.310. The summed E-state index contributed by atoms with van der Waals surface area (Å²) in [6.07, 6.45) is 0. The smallest absolute Gasteiger partial charge is 0.338 e. The molecule has 0 aliphatic heterocycles. The zero-order valence-electron chi connectivity index (χ0n) is 22.3. The van der Waals surface area contributed by atoms with Crippen molar-refractivity contribution in [3.05, 3.63) is 82.1 Å². The molecule has 0 saturated heterocycles. The van der Waals surface area contributed by atoms with Crippen molar-refractivity contribution in [3.63, 3.8) is 0 Å². The first-order chi connectivity index (χ1) is 18.8. The molecule has 0 aliphatic carbocycles. The molecule has 0 atom stereocenters. The van der Waals surface area contributed by atoms with Crippen molar-refractivity contribution in [2.24, 2.45) is 0 Å². The Morgan fingerprint density at radius 1 is 0.821 bits per heavy atom. The van der Waals surface area contributed by atoms with Crippen LogP contribution in [0, 0.1) is 5.82 Å². The van der Waals surface area contributed by atoms with Crippen LogP contribution in [0.5, 0.6) is 23.0 Å². The molecule has 3 aromatic carbocycles. The van der Waals surface area contributed by atoms with Crippen molar-refractivity contribution in [2.45, 2.75) is 26.9 Å². The highest BCUT2D eigenvalue weighted by atomic mass is 35.5. The van der Waals surface area contributed by atoms with Gasteiger partial charge in [0.1, 0.15) is 28.8 Å². The van der Waals surface area contributed by atoms with Gasteiger partial charge in [0.2, 0.25) is 0 Å². The molecule has 0 fully saturated rings. The van der Waals surface area contributed by atoms with Gasteiger partial charge in [0.25, 0.3) is 0 Å². The standard InChI is InChI=1S/C29H31ClFNO7/c1-5-37-28(33)18-32(16-19-7-9-22(35-3)15-26(19)36-4)17-20-13-23(10-11-24(20)29(34)38-6-2)39-27-14-21(31)8-12-25(27)30/h7-15H,5-6,16-18H2,1-4H3. The average Bonchev–Trinajstić information content (AvgIpc) is 2.91. The van der Waals surface area contributed by atoms with Crippen LogP contribution in [-0.4, -0.2) is 50.8 Å². The SMILES string of the molecule is CCOC(=O)CN(Cc1ccc(OC)cc1OC)Cc1cc(Oc2cc(F)ccc2Cl)ccc1C(=O)OCC. The van der Waals surface area contributed by atoms with Gasteiger partial charge in [0.05, 0.1) is 44.6 Å². The zero-order chi connectivity index (χ0) is 28.4. The van der Waals surface area contributed by atoms with Crippen molar-refractivity contribution >= 4 is 23.5 Å². The van der Waals surface area contributed by atoms with Gasteiger partial charge in [-0.2, -0.15) is 0 Å². The lowest BCUT2D eigenvalue weighted by Gasteiger charge is -2.24. The maximum absolute atomic E-state index is 13.8. The van der Waals surface area contributed by atoms with Crippen LogP contribution in [0.3, 0.4) is 0 Å². The molecule has 0 N–H and O–H groups in total. The van der Waals surface area contributed by atoms with E-state index in [1.54, 1.807) is 63.3 Å². The summed E-state index contributed by atoms with van der Waals surface area (Å²) in [7, 11) is 3.11. The third-order valence-corrected chi connectivity index (χ3v) is 5.95. The van der Waals surface area contributed by atoms with Gasteiger partial charge in [-0.3, -0.25) is 9.69 Å². The maximum Gasteiger partial charge on any atom is 0.338 e. The number of rotatable bonds is 13. The van der Waals surface area contributed by atoms with Gasteiger partial charge >= 0.3 is 11.9 Å². The minimum absolute atomic E-state index is 0.0634. The third-order valence-electron chi connectivity index (χ3n) is 5.63. The lowest BCUT2D eigenvalue weighted by molar-refractivity contribution is -0.144. The number of hydrogen-bond donors (Lipinski definition) is 0. The van der Waals surface area contributed by atoms with E-state index in [0.717, 1.165) is 5.56 Å². The molecule has 0 amide bonds. The van der Waals surface area contributed by atoms with E-state index < -0.39 is 17.8 Å². The predicted molar refractivity (Wildman–Crippen MR) is 144 cm³/mol. The van der Waals surface area contributed by atoms with E-state index in [4.69, 9.17) is 35.3 Å². The summed E-state index contributed by atoms with van der Waals surface area (Å²) in [6.45, 7) is 4.22. The van der Waals surface area contributed by atoms with Gasteiger partial charge in [0, 0.05) is 30.8 Å². The quantitative estimate of drug-likeness (QED) is 0.235. The van der Waals surface area contributed by atoms with Crippen molar-refractivity contribution in [1.82, 2.24) is 4.90 Å². The lowest BCUT2D eigenvalue weighted by Crippen LogP contribution is -2.31. The number of halogens is 2. The number of benzene rings is 3. The largest absolute Gasteiger partial charge is 0.497 e. The Balaban J connectivity index is 1.99. The van der Waals surface area contributed by atoms with Gasteiger partial charge in [0.15, 0.2) is 0 Å². The number of methoxy groups -OCH3 is 2. The fourth-order valence-corrected chi connectivity index (χ4v) is 4.03. The molecule has 0 aliphatic rings. The van der Waals surface area contributed by atoms with Crippen LogP contribution >= 0.6 is 11.6 Å². The number of hydrogen-bond acceptors (Lipinski definition) is 8. The lowest BCUT2D eigenvalue weighted by atomic mass is 10.1. The molecule has 10 heteroatoms. The first-order valence-corrected chi connectivity index (χ1v) is 12.7. The second kappa shape index (κ2) is 14.4. The molecular formula is C29H31ClFNO7. The van der Waals surface area contributed by atoms with Crippen LogP contribution in [0.25, 0.3) is 0 Å². The maximum atomic E-state index is 13.8. The van der Waals surface area contributed by atoms with Crippen LogP contribution in [0.1, 0.15) is 35.3 Å². The summed E-state index contributed by atoms with van der Waals surface area (Å²) in [4.78, 5) is 27.1. The molecule has 0 bridgehead atoms. The molecule has 3 aromatic rings. The predicted octanol–water partition coefficient (Wildman–Crippen LogP) is 6.03. The molecule has 8 nitrogen and oxygen atoms in total. The molecule has 39 heavy (non-hydrogen) atoms. The van der Waals surface area contributed by atoms with Crippen LogP contribution in [0.2, 0.25) is 5.02 Å². The highest BCUT2D eigenvalue weighted by Crippen LogP contribution is 2.32. The Bertz CT molecular complexity index is 1300. The molecule has 0 heterocycles. The van der Waals surface area contributed by atoms with Crippen molar-refractivity contribution in [1.29, 1.82) is 0 Å². The average molecular weight is 560 g/mol. The molecule has 208 valence electrons. The summed E-state index contributed by atoms with van der Waals surface area (Å²) in [5.41, 5.74) is 1.61. The van der Waals surface area contributed by atoms with Gasteiger partial charge in [-0.15, -0.1) is 0 Å². The van der Waals surface area contributed by atoms with E-state index in [-0.39, 0.29) is 43.6 Å². The molecule has 0 aromatic heterocycles. The molecular weight excluding hydrogens is 529 g/mol. The number of esters is 2. The van der Waals surface area contributed by atoms with Gasteiger partial charge < -0.3 is 23.7 Å². The molecule has 0 saturated carbocycles. The van der Waals surface area contributed by atoms with Gasteiger partial charge in [-0.05, 0) is 55.8 Å². The molecule has 0 unspecified atom stereocenters. The number of carbonyl (C=O) groups excluding carboxylic acids is 2.